The first kappa shape index (κ1) is 12.7. The summed E-state index contributed by atoms with van der Waals surface area (Å²) >= 11 is 0. The van der Waals surface area contributed by atoms with Crippen molar-refractivity contribution in [2.24, 2.45) is 0 Å². The average molecular weight is 243 g/mol. The van der Waals surface area contributed by atoms with Gasteiger partial charge in [0.2, 0.25) is 0 Å². The Labute approximate surface area is 108 Å². The van der Waals surface area contributed by atoms with Crippen LogP contribution in [0.3, 0.4) is 0 Å². The summed E-state index contributed by atoms with van der Waals surface area (Å²) < 4.78 is 13.0. The predicted octanol–water partition coefficient (Wildman–Crippen LogP) is 4.63. The first-order valence-corrected chi connectivity index (χ1v) is 6.23. The molecule has 0 aliphatic heterocycles. The van der Waals surface area contributed by atoms with Crippen LogP contribution in [0.2, 0.25) is 0 Å². The second kappa shape index (κ2) is 4.89. The highest BCUT2D eigenvalue weighted by molar-refractivity contribution is 5.64. The van der Waals surface area contributed by atoms with E-state index in [4.69, 9.17) is 0 Å². The van der Waals surface area contributed by atoms with Gasteiger partial charge in [-0.3, -0.25) is 4.98 Å². The zero-order chi connectivity index (χ0) is 13.3. The van der Waals surface area contributed by atoms with Crippen molar-refractivity contribution in [2.75, 3.05) is 0 Å². The van der Waals surface area contributed by atoms with Crippen molar-refractivity contribution in [1.29, 1.82) is 0 Å². The molecule has 0 amide bonds. The van der Waals surface area contributed by atoms with Crippen LogP contribution in [0.1, 0.15) is 36.6 Å². The number of rotatable bonds is 2. The molecule has 1 aromatic heterocycles. The Morgan fingerprint density at radius 2 is 1.67 bits per heavy atom. The monoisotopic (exact) mass is 243 g/mol. The smallest absolute Gasteiger partial charge is 0.123 e. The normalized spacial score (nSPS) is 11.0. The number of nitrogens with zero attached hydrogens (tertiary/aromatic N) is 1. The highest BCUT2D eigenvalue weighted by atomic mass is 19.1. The topological polar surface area (TPSA) is 12.9 Å². The van der Waals surface area contributed by atoms with Crippen LogP contribution in [-0.2, 0) is 0 Å². The van der Waals surface area contributed by atoms with Crippen molar-refractivity contribution < 1.29 is 4.39 Å². The largest absolute Gasteiger partial charge is 0.253 e. The van der Waals surface area contributed by atoms with Gasteiger partial charge in [0.1, 0.15) is 5.82 Å². The van der Waals surface area contributed by atoms with Crippen molar-refractivity contribution >= 4 is 0 Å². The van der Waals surface area contributed by atoms with Crippen LogP contribution in [-0.4, -0.2) is 4.98 Å². The van der Waals surface area contributed by atoms with E-state index in [1.165, 1.54) is 23.3 Å². The summed E-state index contributed by atoms with van der Waals surface area (Å²) in [6.45, 7) is 8.44. The van der Waals surface area contributed by atoms with E-state index in [1.54, 1.807) is 12.1 Å². The summed E-state index contributed by atoms with van der Waals surface area (Å²) in [6.07, 6.45) is 0. The molecule has 0 bridgehead atoms. The van der Waals surface area contributed by atoms with Crippen LogP contribution in [0.25, 0.3) is 11.3 Å². The van der Waals surface area contributed by atoms with E-state index in [-0.39, 0.29) is 5.82 Å². The highest BCUT2D eigenvalue weighted by Crippen LogP contribution is 2.28. The molecule has 0 saturated carbocycles. The zero-order valence-electron chi connectivity index (χ0n) is 11.3. The number of hydrogen-bond acceptors (Lipinski definition) is 1. The van der Waals surface area contributed by atoms with Crippen molar-refractivity contribution in [3.63, 3.8) is 0 Å². The lowest BCUT2D eigenvalue weighted by molar-refractivity contribution is 0.628. The predicted molar refractivity (Wildman–Crippen MR) is 73.2 cm³/mol. The number of halogens is 1. The Morgan fingerprint density at radius 1 is 1.06 bits per heavy atom. The Kier molecular flexibility index (Phi) is 3.46. The first-order valence-electron chi connectivity index (χ1n) is 6.23. The van der Waals surface area contributed by atoms with E-state index >= 15 is 0 Å². The van der Waals surface area contributed by atoms with Gasteiger partial charge in [0.05, 0.1) is 5.69 Å². The van der Waals surface area contributed by atoms with E-state index in [0.29, 0.717) is 5.92 Å². The molecule has 1 heterocycles. The number of aryl methyl sites for hydroxylation is 1. The van der Waals surface area contributed by atoms with Gasteiger partial charge in [-0.1, -0.05) is 13.8 Å². The maximum Gasteiger partial charge on any atom is 0.123 e. The molecular weight excluding hydrogens is 225 g/mol. The van der Waals surface area contributed by atoms with Crippen molar-refractivity contribution in [3.05, 3.63) is 53.0 Å². The van der Waals surface area contributed by atoms with Gasteiger partial charge in [0, 0.05) is 11.3 Å². The Bertz CT molecular complexity index is 556. The molecule has 2 heteroatoms. The molecule has 2 aromatic rings. The molecule has 1 aromatic carbocycles. The molecule has 1 nitrogen and oxygen atoms in total. The summed E-state index contributed by atoms with van der Waals surface area (Å²) in [5, 5.41) is 0. The van der Waals surface area contributed by atoms with E-state index in [9.17, 15) is 4.39 Å². The molecule has 0 radical (unpaired) electrons. The van der Waals surface area contributed by atoms with Crippen molar-refractivity contribution in [1.82, 2.24) is 4.98 Å². The van der Waals surface area contributed by atoms with Gasteiger partial charge < -0.3 is 0 Å². The van der Waals surface area contributed by atoms with Gasteiger partial charge in [-0.15, -0.1) is 0 Å². The maximum absolute atomic E-state index is 13.0. The summed E-state index contributed by atoms with van der Waals surface area (Å²) in [7, 11) is 0. The summed E-state index contributed by atoms with van der Waals surface area (Å²) in [5.41, 5.74) is 5.42. The third kappa shape index (κ3) is 2.42. The first-order chi connectivity index (χ1) is 8.49. The minimum atomic E-state index is -0.215. The van der Waals surface area contributed by atoms with E-state index in [1.807, 2.05) is 6.92 Å². The maximum atomic E-state index is 13.0. The summed E-state index contributed by atoms with van der Waals surface area (Å²) in [5.74, 6) is 0.249. The standard InChI is InChI=1S/C16H18FN/c1-10(2)15-9-11(3)18-16(12(15)4)13-5-7-14(17)8-6-13/h5-10H,1-4H3. The molecule has 0 N–H and O–H groups in total. The molecule has 18 heavy (non-hydrogen) atoms. The molecule has 0 aliphatic rings. The molecule has 0 saturated heterocycles. The second-order valence-corrected chi connectivity index (χ2v) is 4.99. The Balaban J connectivity index is 2.60. The molecule has 0 atom stereocenters. The van der Waals surface area contributed by atoms with Crippen LogP contribution in [0.5, 0.6) is 0 Å². The highest BCUT2D eigenvalue weighted by Gasteiger charge is 2.11. The zero-order valence-corrected chi connectivity index (χ0v) is 11.3. The van der Waals surface area contributed by atoms with Gasteiger partial charge in [-0.2, -0.15) is 0 Å². The third-order valence-electron chi connectivity index (χ3n) is 3.18. The van der Waals surface area contributed by atoms with Crippen LogP contribution >= 0.6 is 0 Å². The van der Waals surface area contributed by atoms with E-state index < -0.39 is 0 Å². The third-order valence-corrected chi connectivity index (χ3v) is 3.18. The second-order valence-electron chi connectivity index (χ2n) is 4.99. The van der Waals surface area contributed by atoms with Gasteiger partial charge in [0.25, 0.3) is 0 Å². The number of hydrogen-bond donors (Lipinski definition) is 0. The molecular formula is C16H18FN. The lowest BCUT2D eigenvalue weighted by Crippen LogP contribution is -1.99. The SMILES string of the molecule is Cc1cc(C(C)C)c(C)c(-c2ccc(F)cc2)n1. The quantitative estimate of drug-likeness (QED) is 0.749. The fourth-order valence-electron chi connectivity index (χ4n) is 2.25. The number of benzene rings is 1. The van der Waals surface area contributed by atoms with Crippen molar-refractivity contribution in [3.8, 4) is 11.3 Å². The van der Waals surface area contributed by atoms with Gasteiger partial charge in [-0.05, 0) is 61.2 Å². The van der Waals surface area contributed by atoms with Crippen LogP contribution < -0.4 is 0 Å². The van der Waals surface area contributed by atoms with Gasteiger partial charge >= 0.3 is 0 Å². The lowest BCUT2D eigenvalue weighted by atomic mass is 9.94. The minimum Gasteiger partial charge on any atom is -0.253 e. The fraction of sp³-hybridized carbons (Fsp3) is 0.312. The Hall–Kier alpha value is -1.70. The summed E-state index contributed by atoms with van der Waals surface area (Å²) in [6, 6.07) is 8.66. The average Bonchev–Trinajstić information content (AvgIpc) is 2.32. The molecule has 0 aliphatic carbocycles. The lowest BCUT2D eigenvalue weighted by Gasteiger charge is -2.15. The van der Waals surface area contributed by atoms with Crippen LogP contribution in [0.15, 0.2) is 30.3 Å². The molecule has 0 fully saturated rings. The fourth-order valence-corrected chi connectivity index (χ4v) is 2.25. The molecule has 94 valence electrons. The molecule has 2 rings (SSSR count). The summed E-state index contributed by atoms with van der Waals surface area (Å²) in [4.78, 5) is 4.59. The van der Waals surface area contributed by atoms with Gasteiger partial charge in [-0.25, -0.2) is 4.39 Å². The molecule has 0 spiro atoms. The number of aromatic nitrogens is 1. The van der Waals surface area contributed by atoms with Crippen molar-refractivity contribution in [2.45, 2.75) is 33.6 Å². The number of pyridine rings is 1. The van der Waals surface area contributed by atoms with E-state index in [0.717, 1.165) is 17.0 Å². The van der Waals surface area contributed by atoms with Crippen LogP contribution in [0.4, 0.5) is 4.39 Å². The minimum absolute atomic E-state index is 0.215. The van der Waals surface area contributed by atoms with Gasteiger partial charge in [0.15, 0.2) is 0 Å². The van der Waals surface area contributed by atoms with E-state index in [2.05, 4.69) is 31.8 Å². The van der Waals surface area contributed by atoms with Crippen LogP contribution in [0, 0.1) is 19.7 Å². The Morgan fingerprint density at radius 3 is 2.22 bits per heavy atom. The molecule has 0 unspecified atom stereocenters.